The molecular weight excluding hydrogens is 445 g/mol. The third-order valence-corrected chi connectivity index (χ3v) is 6.74. The molecule has 184 valence electrons. The zero-order chi connectivity index (χ0) is 24.4. The number of aromatic nitrogens is 4. The quantitative estimate of drug-likeness (QED) is 0.475. The highest BCUT2D eigenvalue weighted by molar-refractivity contribution is 5.79. The Morgan fingerprint density at radius 2 is 1.97 bits per heavy atom. The fraction of sp³-hybridized carbons (Fsp3) is 0.462. The van der Waals surface area contributed by atoms with E-state index in [1.807, 2.05) is 20.8 Å². The molecule has 3 aromatic rings. The van der Waals surface area contributed by atoms with Crippen molar-refractivity contribution in [3.8, 4) is 6.01 Å². The summed E-state index contributed by atoms with van der Waals surface area (Å²) in [6, 6.07) is 10.4. The molecule has 2 fully saturated rings. The largest absolute Gasteiger partial charge is 0.464 e. The molecule has 0 spiro atoms. The lowest BCUT2D eigenvalue weighted by Crippen LogP contribution is -2.42. The number of hydrogen-bond acceptors (Lipinski definition) is 7. The number of alkyl halides is 1. The second-order valence-corrected chi connectivity index (χ2v) is 9.26. The normalized spacial score (nSPS) is 20.5. The number of aliphatic imine (C=N–C) groups is 1. The number of hydrogen-bond donors (Lipinski definition) is 1. The maximum absolute atomic E-state index is 12.5. The van der Waals surface area contributed by atoms with Crippen LogP contribution in [0.15, 0.2) is 35.5 Å². The second kappa shape index (κ2) is 10.2. The van der Waals surface area contributed by atoms with E-state index in [9.17, 15) is 4.39 Å². The molecule has 0 amide bonds. The van der Waals surface area contributed by atoms with Crippen molar-refractivity contribution in [1.82, 2.24) is 29.7 Å². The maximum atomic E-state index is 12.5. The summed E-state index contributed by atoms with van der Waals surface area (Å²) in [6.07, 6.45) is 4.13. The molecule has 1 N–H and O–H groups in total. The van der Waals surface area contributed by atoms with Crippen molar-refractivity contribution >= 4 is 23.0 Å². The van der Waals surface area contributed by atoms with Gasteiger partial charge in [0, 0.05) is 49.7 Å². The number of imidazole rings is 1. The zero-order valence-corrected chi connectivity index (χ0v) is 20.5. The topological polar surface area (TPSA) is 80.5 Å². The van der Waals surface area contributed by atoms with Crippen molar-refractivity contribution in [2.24, 2.45) is 4.99 Å². The smallest absolute Gasteiger partial charge is 0.318 e. The Morgan fingerprint density at radius 3 is 2.63 bits per heavy atom. The predicted molar refractivity (Wildman–Crippen MR) is 135 cm³/mol. The number of fused-ring (bicyclic) bond motifs is 3. The summed E-state index contributed by atoms with van der Waals surface area (Å²) in [4.78, 5) is 20.6. The lowest BCUT2D eigenvalue weighted by molar-refractivity contribution is 0.218. The lowest BCUT2D eigenvalue weighted by Gasteiger charge is -2.27. The number of allylic oxidation sites excluding steroid dienone is 1. The molecule has 2 aliphatic heterocycles. The number of aryl methyl sites for hydroxylation is 1. The number of ether oxygens (including phenoxy) is 1. The minimum Gasteiger partial charge on any atom is -0.464 e. The van der Waals surface area contributed by atoms with E-state index in [0.717, 1.165) is 47.8 Å². The van der Waals surface area contributed by atoms with E-state index in [1.165, 1.54) is 18.2 Å². The first-order chi connectivity index (χ1) is 17.1. The Kier molecular flexibility index (Phi) is 6.88. The summed E-state index contributed by atoms with van der Waals surface area (Å²) >= 11 is 0. The molecule has 4 heterocycles. The van der Waals surface area contributed by atoms with E-state index < -0.39 is 6.67 Å². The van der Waals surface area contributed by atoms with Crippen LogP contribution in [0.4, 0.5) is 4.39 Å². The summed E-state index contributed by atoms with van der Waals surface area (Å²) in [7, 11) is 0. The van der Waals surface area contributed by atoms with Gasteiger partial charge in [-0.3, -0.25) is 9.89 Å². The minimum atomic E-state index is -0.607. The van der Waals surface area contributed by atoms with Gasteiger partial charge >= 0.3 is 6.01 Å². The summed E-state index contributed by atoms with van der Waals surface area (Å²) in [6.45, 7) is 9.42. The fourth-order valence-electron chi connectivity index (χ4n) is 5.03. The predicted octanol–water partition coefficient (Wildman–Crippen LogP) is 3.53. The number of benzene rings is 1. The van der Waals surface area contributed by atoms with Crippen LogP contribution in [-0.4, -0.2) is 69.1 Å². The molecule has 0 aliphatic carbocycles. The molecule has 2 atom stereocenters. The zero-order valence-electron chi connectivity index (χ0n) is 20.5. The van der Waals surface area contributed by atoms with Crippen LogP contribution < -0.4 is 10.1 Å². The second-order valence-electron chi connectivity index (χ2n) is 9.26. The van der Waals surface area contributed by atoms with Gasteiger partial charge in [-0.15, -0.1) is 0 Å². The highest BCUT2D eigenvalue weighted by atomic mass is 19.1. The molecule has 8 nitrogen and oxygen atoms in total. The van der Waals surface area contributed by atoms with Gasteiger partial charge in [-0.25, -0.2) is 9.37 Å². The van der Waals surface area contributed by atoms with Crippen LogP contribution >= 0.6 is 0 Å². The Hall–Kier alpha value is -3.17. The average molecular weight is 478 g/mol. The van der Waals surface area contributed by atoms with Crippen LogP contribution in [0.3, 0.4) is 0 Å². The molecule has 2 bridgehead atoms. The van der Waals surface area contributed by atoms with Gasteiger partial charge in [-0.05, 0) is 38.3 Å². The highest BCUT2D eigenvalue weighted by Crippen LogP contribution is 2.27. The van der Waals surface area contributed by atoms with Crippen molar-refractivity contribution in [2.75, 3.05) is 26.4 Å². The molecule has 1 aromatic carbocycles. The Morgan fingerprint density at radius 1 is 1.20 bits per heavy atom. The van der Waals surface area contributed by atoms with Crippen molar-refractivity contribution in [1.29, 1.82) is 0 Å². The van der Waals surface area contributed by atoms with Gasteiger partial charge in [0.1, 0.15) is 18.0 Å². The van der Waals surface area contributed by atoms with Crippen molar-refractivity contribution in [3.05, 3.63) is 53.1 Å². The molecule has 5 rings (SSSR count). The Bertz CT molecular complexity index is 1250. The summed E-state index contributed by atoms with van der Waals surface area (Å²) in [5, 5.41) is 3.56. The van der Waals surface area contributed by atoms with Crippen LogP contribution in [0.5, 0.6) is 6.01 Å². The van der Waals surface area contributed by atoms with Gasteiger partial charge in [0.05, 0.1) is 18.8 Å². The molecule has 0 radical (unpaired) electrons. The summed E-state index contributed by atoms with van der Waals surface area (Å²) in [5.41, 5.74) is 5.48. The Labute approximate surface area is 205 Å². The van der Waals surface area contributed by atoms with Crippen LogP contribution in [0.2, 0.25) is 0 Å². The standard InChI is InChI=1S/C26H32FN7O/c1-4-35-26-30-18(3)23-25(32-26)34(24(31-23)17(2)12-28-10-9-27)15-20-7-5-19(6-8-20)14-33-16-21-11-22(33)13-29-21/h5-8,10,12,21-22,29H,4,9,11,13-16H2,1-3H3/b17-12+,28-10-. The lowest BCUT2D eigenvalue weighted by atomic mass is 10.1. The van der Waals surface area contributed by atoms with Gasteiger partial charge in [-0.2, -0.15) is 9.97 Å². The minimum absolute atomic E-state index is 0.340. The SMILES string of the molecule is CCOc1nc(C)c2nc(/C(C)=C/N=C\CF)n(Cc3ccc(CN4CC5CC4CN5)cc3)c2n1. The van der Waals surface area contributed by atoms with Crippen molar-refractivity contribution in [3.63, 3.8) is 0 Å². The molecule has 2 unspecified atom stereocenters. The number of rotatable bonds is 9. The van der Waals surface area contributed by atoms with Crippen molar-refractivity contribution < 1.29 is 9.13 Å². The first kappa shape index (κ1) is 23.6. The molecule has 9 heteroatoms. The molecule has 2 aromatic heterocycles. The van der Waals surface area contributed by atoms with Crippen LogP contribution in [0, 0.1) is 6.92 Å². The molecule has 2 aliphatic rings. The van der Waals surface area contributed by atoms with E-state index in [0.29, 0.717) is 36.9 Å². The van der Waals surface area contributed by atoms with Crippen LogP contribution in [0.1, 0.15) is 42.9 Å². The van der Waals surface area contributed by atoms with E-state index in [1.54, 1.807) is 6.20 Å². The first-order valence-corrected chi connectivity index (χ1v) is 12.2. The van der Waals surface area contributed by atoms with Crippen LogP contribution in [-0.2, 0) is 13.1 Å². The van der Waals surface area contributed by atoms with E-state index in [2.05, 4.69) is 54.0 Å². The highest BCUT2D eigenvalue weighted by Gasteiger charge is 2.37. The third-order valence-electron chi connectivity index (χ3n) is 6.74. The molecule has 35 heavy (non-hydrogen) atoms. The Balaban J connectivity index is 1.45. The van der Waals surface area contributed by atoms with Gasteiger partial charge in [0.25, 0.3) is 0 Å². The third kappa shape index (κ3) is 4.97. The number of nitrogens with one attached hydrogen (secondary N) is 1. The van der Waals surface area contributed by atoms with Gasteiger partial charge < -0.3 is 14.6 Å². The maximum Gasteiger partial charge on any atom is 0.318 e. The molecule has 2 saturated heterocycles. The molecule has 0 saturated carbocycles. The van der Waals surface area contributed by atoms with Crippen molar-refractivity contribution in [2.45, 2.75) is 52.4 Å². The van der Waals surface area contributed by atoms with Gasteiger partial charge in [0.2, 0.25) is 0 Å². The molecular formula is C26H32FN7O. The summed E-state index contributed by atoms with van der Waals surface area (Å²) in [5.74, 6) is 0.728. The van der Waals surface area contributed by atoms with E-state index in [-0.39, 0.29) is 0 Å². The van der Waals surface area contributed by atoms with E-state index >= 15 is 0 Å². The number of halogens is 1. The fourth-order valence-corrected chi connectivity index (χ4v) is 5.03. The summed E-state index contributed by atoms with van der Waals surface area (Å²) < 4.78 is 20.2. The number of nitrogens with zero attached hydrogens (tertiary/aromatic N) is 6. The number of piperazine rings is 1. The van der Waals surface area contributed by atoms with Gasteiger partial charge in [0.15, 0.2) is 5.65 Å². The van der Waals surface area contributed by atoms with Crippen LogP contribution in [0.25, 0.3) is 16.7 Å². The van der Waals surface area contributed by atoms with E-state index in [4.69, 9.17) is 9.72 Å². The van der Waals surface area contributed by atoms with Gasteiger partial charge in [-0.1, -0.05) is 24.3 Å². The average Bonchev–Trinajstić information content (AvgIpc) is 3.56. The number of likely N-dealkylation sites (tertiary alicyclic amines) is 1. The monoisotopic (exact) mass is 477 g/mol. The first-order valence-electron chi connectivity index (χ1n) is 12.2.